The number of carbonyl (C=O) groups is 1. The fourth-order valence-corrected chi connectivity index (χ4v) is 4.77. The standard InChI is InChI=1S/C20H23ClN2O4S/c1-15-18(21)10-5-11-19(15)23(28(25,26)17-8-3-2-4-9-17)14-20(24)22-13-16-7-6-12-27-16/h2-5,8-11,16H,6-7,12-14H2,1H3,(H,22,24)/t16-/m1/s1. The van der Waals surface area contributed by atoms with E-state index in [9.17, 15) is 13.2 Å². The van der Waals surface area contributed by atoms with Gasteiger partial charge in [-0.05, 0) is 49.6 Å². The van der Waals surface area contributed by atoms with Crippen molar-refractivity contribution in [3.05, 3.63) is 59.1 Å². The van der Waals surface area contributed by atoms with E-state index in [1.54, 1.807) is 43.3 Å². The summed E-state index contributed by atoms with van der Waals surface area (Å²) in [5.41, 5.74) is 0.971. The molecule has 0 saturated carbocycles. The van der Waals surface area contributed by atoms with Crippen LogP contribution in [0.25, 0.3) is 0 Å². The summed E-state index contributed by atoms with van der Waals surface area (Å²) in [6.07, 6.45) is 1.84. The van der Waals surface area contributed by atoms with Crippen LogP contribution < -0.4 is 9.62 Å². The van der Waals surface area contributed by atoms with Gasteiger partial charge in [-0.2, -0.15) is 0 Å². The lowest BCUT2D eigenvalue weighted by Crippen LogP contribution is -2.43. The Morgan fingerprint density at radius 3 is 2.64 bits per heavy atom. The van der Waals surface area contributed by atoms with Gasteiger partial charge in [0.25, 0.3) is 10.0 Å². The van der Waals surface area contributed by atoms with Crippen LogP contribution in [0.1, 0.15) is 18.4 Å². The van der Waals surface area contributed by atoms with Gasteiger partial charge in [-0.15, -0.1) is 0 Å². The quantitative estimate of drug-likeness (QED) is 0.743. The van der Waals surface area contributed by atoms with Crippen LogP contribution in [0.2, 0.25) is 5.02 Å². The van der Waals surface area contributed by atoms with Crippen molar-refractivity contribution in [2.75, 3.05) is 24.0 Å². The molecule has 1 saturated heterocycles. The number of amides is 1. The van der Waals surface area contributed by atoms with Crippen LogP contribution >= 0.6 is 11.6 Å². The molecule has 2 aromatic rings. The lowest BCUT2D eigenvalue weighted by Gasteiger charge is -2.26. The molecule has 1 aliphatic heterocycles. The van der Waals surface area contributed by atoms with Crippen LogP contribution in [-0.4, -0.2) is 40.1 Å². The first-order valence-electron chi connectivity index (χ1n) is 9.11. The van der Waals surface area contributed by atoms with E-state index < -0.39 is 15.9 Å². The number of ether oxygens (including phenoxy) is 1. The van der Waals surface area contributed by atoms with Crippen molar-refractivity contribution >= 4 is 33.2 Å². The lowest BCUT2D eigenvalue weighted by atomic mass is 10.2. The number of hydrogen-bond acceptors (Lipinski definition) is 4. The number of nitrogens with zero attached hydrogens (tertiary/aromatic N) is 1. The third-order valence-corrected chi connectivity index (χ3v) is 6.86. The molecule has 0 bridgehead atoms. The number of anilines is 1. The molecule has 1 amide bonds. The summed E-state index contributed by atoms with van der Waals surface area (Å²) in [6, 6.07) is 13.0. The van der Waals surface area contributed by atoms with Crippen molar-refractivity contribution in [3.8, 4) is 0 Å². The summed E-state index contributed by atoms with van der Waals surface area (Å²) in [7, 11) is -3.94. The summed E-state index contributed by atoms with van der Waals surface area (Å²) in [6.45, 7) is 2.45. The maximum atomic E-state index is 13.3. The van der Waals surface area contributed by atoms with Gasteiger partial charge < -0.3 is 10.1 Å². The Morgan fingerprint density at radius 2 is 1.96 bits per heavy atom. The monoisotopic (exact) mass is 422 g/mol. The summed E-state index contributed by atoms with van der Waals surface area (Å²) in [4.78, 5) is 12.7. The predicted molar refractivity (Wildman–Crippen MR) is 109 cm³/mol. The minimum absolute atomic E-state index is 0.0176. The Bertz CT molecular complexity index is 928. The minimum atomic E-state index is -3.94. The second-order valence-corrected chi connectivity index (χ2v) is 8.92. The SMILES string of the molecule is Cc1c(Cl)cccc1N(CC(=O)NC[C@H]1CCCO1)S(=O)(=O)c1ccccc1. The summed E-state index contributed by atoms with van der Waals surface area (Å²) in [5.74, 6) is -0.394. The lowest BCUT2D eigenvalue weighted by molar-refractivity contribution is -0.120. The van der Waals surface area contributed by atoms with Crippen LogP contribution in [0, 0.1) is 6.92 Å². The van der Waals surface area contributed by atoms with E-state index in [2.05, 4.69) is 5.32 Å². The molecule has 1 atom stereocenters. The first-order valence-corrected chi connectivity index (χ1v) is 10.9. The number of halogens is 1. The maximum Gasteiger partial charge on any atom is 0.264 e. The number of nitrogens with one attached hydrogen (secondary N) is 1. The molecule has 0 aliphatic carbocycles. The van der Waals surface area contributed by atoms with Gasteiger partial charge in [0.15, 0.2) is 0 Å². The molecule has 1 fully saturated rings. The smallest absolute Gasteiger partial charge is 0.264 e. The molecule has 0 aromatic heterocycles. The molecule has 150 valence electrons. The normalized spacial score (nSPS) is 16.7. The van der Waals surface area contributed by atoms with Gasteiger partial charge in [0.2, 0.25) is 5.91 Å². The van der Waals surface area contributed by atoms with Gasteiger partial charge in [0.05, 0.1) is 16.7 Å². The van der Waals surface area contributed by atoms with Crippen molar-refractivity contribution in [3.63, 3.8) is 0 Å². The summed E-state index contributed by atoms with van der Waals surface area (Å²) < 4.78 is 33.1. The molecule has 8 heteroatoms. The fourth-order valence-electron chi connectivity index (χ4n) is 3.10. The maximum absolute atomic E-state index is 13.3. The van der Waals surface area contributed by atoms with Crippen molar-refractivity contribution < 1.29 is 17.9 Å². The highest BCUT2D eigenvalue weighted by Crippen LogP contribution is 2.30. The largest absolute Gasteiger partial charge is 0.376 e. The van der Waals surface area contributed by atoms with E-state index >= 15 is 0 Å². The highest BCUT2D eigenvalue weighted by molar-refractivity contribution is 7.92. The molecule has 0 spiro atoms. The molecule has 1 N–H and O–H groups in total. The molecular weight excluding hydrogens is 400 g/mol. The van der Waals surface area contributed by atoms with E-state index in [4.69, 9.17) is 16.3 Å². The molecule has 28 heavy (non-hydrogen) atoms. The molecule has 6 nitrogen and oxygen atoms in total. The average molecular weight is 423 g/mol. The van der Waals surface area contributed by atoms with Gasteiger partial charge in [-0.25, -0.2) is 8.42 Å². The van der Waals surface area contributed by atoms with Crippen molar-refractivity contribution in [1.82, 2.24) is 5.32 Å². The van der Waals surface area contributed by atoms with Crippen LogP contribution in [0.4, 0.5) is 5.69 Å². The number of rotatable bonds is 7. The van der Waals surface area contributed by atoms with Crippen molar-refractivity contribution in [2.45, 2.75) is 30.8 Å². The van der Waals surface area contributed by atoms with Gasteiger partial charge in [-0.3, -0.25) is 9.10 Å². The van der Waals surface area contributed by atoms with Crippen molar-refractivity contribution in [1.29, 1.82) is 0 Å². The Morgan fingerprint density at radius 1 is 1.21 bits per heavy atom. The Kier molecular flexibility index (Phi) is 6.59. The molecule has 0 unspecified atom stereocenters. The molecule has 2 aromatic carbocycles. The molecule has 1 aliphatic rings. The van der Waals surface area contributed by atoms with Crippen LogP contribution in [0.3, 0.4) is 0 Å². The zero-order valence-corrected chi connectivity index (χ0v) is 17.2. The van der Waals surface area contributed by atoms with Crippen LogP contribution in [0.5, 0.6) is 0 Å². The van der Waals surface area contributed by atoms with Gasteiger partial charge in [0, 0.05) is 18.2 Å². The zero-order chi connectivity index (χ0) is 20.1. The van der Waals surface area contributed by atoms with Gasteiger partial charge in [0.1, 0.15) is 6.54 Å². The Labute approximate surface area is 170 Å². The minimum Gasteiger partial charge on any atom is -0.376 e. The third-order valence-electron chi connectivity index (χ3n) is 4.68. The molecular formula is C20H23ClN2O4S. The Hall–Kier alpha value is -2.09. The zero-order valence-electron chi connectivity index (χ0n) is 15.6. The predicted octanol–water partition coefficient (Wildman–Crippen LogP) is 3.14. The highest BCUT2D eigenvalue weighted by Gasteiger charge is 2.29. The van der Waals surface area contributed by atoms with E-state index in [1.165, 1.54) is 12.1 Å². The number of hydrogen-bond donors (Lipinski definition) is 1. The van der Waals surface area contributed by atoms with E-state index in [0.29, 0.717) is 29.4 Å². The van der Waals surface area contributed by atoms with E-state index in [-0.39, 0.29) is 17.5 Å². The molecule has 0 radical (unpaired) electrons. The second kappa shape index (κ2) is 8.94. The number of sulfonamides is 1. The van der Waals surface area contributed by atoms with E-state index in [1.807, 2.05) is 0 Å². The summed E-state index contributed by atoms with van der Waals surface area (Å²) in [5, 5.41) is 3.22. The highest BCUT2D eigenvalue weighted by atomic mass is 35.5. The van der Waals surface area contributed by atoms with Gasteiger partial charge >= 0.3 is 0 Å². The molecule has 3 rings (SSSR count). The first kappa shape index (κ1) is 20.6. The number of benzene rings is 2. The molecule has 1 heterocycles. The average Bonchev–Trinajstić information content (AvgIpc) is 3.21. The van der Waals surface area contributed by atoms with Crippen LogP contribution in [0.15, 0.2) is 53.4 Å². The fraction of sp³-hybridized carbons (Fsp3) is 0.350. The van der Waals surface area contributed by atoms with Crippen molar-refractivity contribution in [2.24, 2.45) is 0 Å². The topological polar surface area (TPSA) is 75.7 Å². The third kappa shape index (κ3) is 4.66. The summed E-state index contributed by atoms with van der Waals surface area (Å²) >= 11 is 6.20. The number of carbonyl (C=O) groups excluding carboxylic acids is 1. The van der Waals surface area contributed by atoms with Gasteiger partial charge in [-0.1, -0.05) is 35.9 Å². The first-order chi connectivity index (χ1) is 13.4. The Balaban J connectivity index is 1.88. The van der Waals surface area contributed by atoms with E-state index in [0.717, 1.165) is 17.1 Å². The van der Waals surface area contributed by atoms with Crippen LogP contribution in [-0.2, 0) is 19.6 Å². The second-order valence-electron chi connectivity index (χ2n) is 6.65.